The fraction of sp³-hybridized carbons (Fsp3) is 0.615. The highest BCUT2D eigenvalue weighted by atomic mass is 16.2. The van der Waals surface area contributed by atoms with Crippen LogP contribution in [0.1, 0.15) is 25.2 Å². The topological polar surface area (TPSA) is 100 Å². The molecule has 8 nitrogen and oxygen atoms in total. The molecule has 1 aromatic rings. The monoisotopic (exact) mass is 292 g/mol. The van der Waals surface area contributed by atoms with Gasteiger partial charge in [0, 0.05) is 26.2 Å². The Morgan fingerprint density at radius 3 is 2.43 bits per heavy atom. The maximum Gasteiger partial charge on any atom is 0.316 e. The van der Waals surface area contributed by atoms with Gasteiger partial charge in [0.25, 0.3) is 0 Å². The molecule has 0 unspecified atom stereocenters. The second-order valence-corrected chi connectivity index (χ2v) is 4.73. The van der Waals surface area contributed by atoms with E-state index < -0.39 is 11.8 Å². The standard InChI is InChI=1S/C13H20N6O2/c1-3-9-10(4-2)17-18-13(15-9)16-11(20)12(21)19-7-5-14-6-8-19/h14H,3-8H2,1-2H3,(H,15,16,18,20). The molecule has 0 spiro atoms. The lowest BCUT2D eigenvalue weighted by Gasteiger charge is -2.26. The maximum atomic E-state index is 12.0. The number of hydrogen-bond donors (Lipinski definition) is 2. The summed E-state index contributed by atoms with van der Waals surface area (Å²) in [6, 6.07) is 0. The average Bonchev–Trinajstić information content (AvgIpc) is 2.54. The molecule has 0 aromatic carbocycles. The van der Waals surface area contributed by atoms with Crippen LogP contribution in [0.15, 0.2) is 0 Å². The maximum absolute atomic E-state index is 12.0. The van der Waals surface area contributed by atoms with Crippen LogP contribution in [0.5, 0.6) is 0 Å². The van der Waals surface area contributed by atoms with E-state index in [0.29, 0.717) is 32.6 Å². The minimum absolute atomic E-state index is 0.0811. The summed E-state index contributed by atoms with van der Waals surface area (Å²) in [5, 5.41) is 13.4. The van der Waals surface area contributed by atoms with Crippen LogP contribution in [0.2, 0.25) is 0 Å². The normalized spacial score (nSPS) is 14.9. The first-order valence-corrected chi connectivity index (χ1v) is 7.19. The van der Waals surface area contributed by atoms with Crippen molar-refractivity contribution in [2.75, 3.05) is 31.5 Å². The fourth-order valence-electron chi connectivity index (χ4n) is 2.16. The third-order valence-electron chi connectivity index (χ3n) is 3.33. The summed E-state index contributed by atoms with van der Waals surface area (Å²) in [6.45, 7) is 6.38. The predicted molar refractivity (Wildman–Crippen MR) is 76.7 cm³/mol. The van der Waals surface area contributed by atoms with Gasteiger partial charge in [0.1, 0.15) is 0 Å². The second-order valence-electron chi connectivity index (χ2n) is 4.73. The van der Waals surface area contributed by atoms with Gasteiger partial charge < -0.3 is 10.2 Å². The van der Waals surface area contributed by atoms with Crippen LogP contribution in [-0.2, 0) is 22.4 Å². The molecule has 1 aliphatic rings. The third kappa shape index (κ3) is 3.72. The molecular formula is C13H20N6O2. The Morgan fingerprint density at radius 2 is 1.81 bits per heavy atom. The average molecular weight is 292 g/mol. The number of aryl methyl sites for hydroxylation is 2. The molecule has 1 saturated heterocycles. The zero-order valence-electron chi connectivity index (χ0n) is 12.3. The number of carbonyl (C=O) groups excluding carboxylic acids is 2. The number of nitrogens with one attached hydrogen (secondary N) is 2. The van der Waals surface area contributed by atoms with E-state index in [-0.39, 0.29) is 5.95 Å². The van der Waals surface area contributed by atoms with Crippen molar-refractivity contribution in [2.24, 2.45) is 0 Å². The third-order valence-corrected chi connectivity index (χ3v) is 3.33. The van der Waals surface area contributed by atoms with Gasteiger partial charge >= 0.3 is 11.8 Å². The molecule has 2 amide bonds. The van der Waals surface area contributed by atoms with Crippen LogP contribution in [-0.4, -0.2) is 58.1 Å². The quantitative estimate of drug-likeness (QED) is 0.719. The van der Waals surface area contributed by atoms with Crippen LogP contribution in [0.4, 0.5) is 5.95 Å². The summed E-state index contributed by atoms with van der Waals surface area (Å²) >= 11 is 0. The summed E-state index contributed by atoms with van der Waals surface area (Å²) in [6.07, 6.45) is 1.43. The molecule has 2 N–H and O–H groups in total. The lowest BCUT2D eigenvalue weighted by molar-refractivity contribution is -0.143. The van der Waals surface area contributed by atoms with Gasteiger partial charge in [0.2, 0.25) is 5.95 Å². The largest absolute Gasteiger partial charge is 0.332 e. The first-order chi connectivity index (χ1) is 10.2. The first kappa shape index (κ1) is 15.3. The Labute approximate surface area is 123 Å². The van der Waals surface area contributed by atoms with Gasteiger partial charge in [-0.25, -0.2) is 4.98 Å². The SMILES string of the molecule is CCc1nnc(NC(=O)C(=O)N2CCNCC2)nc1CC. The van der Waals surface area contributed by atoms with E-state index in [1.54, 1.807) is 0 Å². The van der Waals surface area contributed by atoms with Crippen molar-refractivity contribution >= 4 is 17.8 Å². The van der Waals surface area contributed by atoms with E-state index in [4.69, 9.17) is 0 Å². The molecule has 0 saturated carbocycles. The molecular weight excluding hydrogens is 272 g/mol. The van der Waals surface area contributed by atoms with E-state index >= 15 is 0 Å². The summed E-state index contributed by atoms with van der Waals surface area (Å²) in [4.78, 5) is 29.7. The Kier molecular flexibility index (Phi) is 5.15. The van der Waals surface area contributed by atoms with Crippen molar-refractivity contribution in [1.82, 2.24) is 25.4 Å². The van der Waals surface area contributed by atoms with Crippen molar-refractivity contribution in [3.63, 3.8) is 0 Å². The van der Waals surface area contributed by atoms with Crippen LogP contribution in [0.25, 0.3) is 0 Å². The molecule has 21 heavy (non-hydrogen) atoms. The molecule has 1 fully saturated rings. The Bertz CT molecular complexity index is 527. The van der Waals surface area contributed by atoms with Crippen molar-refractivity contribution in [3.8, 4) is 0 Å². The molecule has 0 bridgehead atoms. The van der Waals surface area contributed by atoms with Gasteiger partial charge in [-0.2, -0.15) is 0 Å². The number of nitrogens with zero attached hydrogens (tertiary/aromatic N) is 4. The lowest BCUT2D eigenvalue weighted by Crippen LogP contribution is -2.50. The summed E-state index contributed by atoms with van der Waals surface area (Å²) in [7, 11) is 0. The fourth-order valence-corrected chi connectivity index (χ4v) is 2.16. The molecule has 1 aliphatic heterocycles. The van der Waals surface area contributed by atoms with Gasteiger partial charge in [-0.15, -0.1) is 10.2 Å². The van der Waals surface area contributed by atoms with E-state index in [0.717, 1.165) is 17.8 Å². The minimum atomic E-state index is -0.718. The molecule has 2 rings (SSSR count). The Morgan fingerprint density at radius 1 is 1.14 bits per heavy atom. The molecule has 0 radical (unpaired) electrons. The molecule has 0 atom stereocenters. The Hall–Kier alpha value is -2.09. The van der Waals surface area contributed by atoms with Crippen LogP contribution < -0.4 is 10.6 Å². The Balaban J connectivity index is 2.03. The van der Waals surface area contributed by atoms with Gasteiger partial charge in [0.15, 0.2) is 0 Å². The number of carbonyl (C=O) groups is 2. The molecule has 2 heterocycles. The first-order valence-electron chi connectivity index (χ1n) is 7.19. The van der Waals surface area contributed by atoms with Crippen LogP contribution >= 0.6 is 0 Å². The number of piperazine rings is 1. The van der Waals surface area contributed by atoms with Crippen molar-refractivity contribution in [2.45, 2.75) is 26.7 Å². The van der Waals surface area contributed by atoms with Gasteiger partial charge in [-0.05, 0) is 12.8 Å². The van der Waals surface area contributed by atoms with Gasteiger partial charge in [-0.3, -0.25) is 14.9 Å². The summed E-state index contributed by atoms with van der Waals surface area (Å²) in [5.74, 6) is -1.19. The van der Waals surface area contributed by atoms with E-state index in [9.17, 15) is 9.59 Å². The molecule has 8 heteroatoms. The second kappa shape index (κ2) is 7.07. The van der Waals surface area contributed by atoms with Crippen LogP contribution in [0.3, 0.4) is 0 Å². The van der Waals surface area contributed by atoms with Crippen molar-refractivity contribution in [1.29, 1.82) is 0 Å². The highest BCUT2D eigenvalue weighted by molar-refractivity contribution is 6.39. The highest BCUT2D eigenvalue weighted by Crippen LogP contribution is 2.07. The molecule has 0 aliphatic carbocycles. The van der Waals surface area contributed by atoms with Gasteiger partial charge in [-0.1, -0.05) is 13.8 Å². The van der Waals surface area contributed by atoms with Crippen LogP contribution in [0, 0.1) is 0 Å². The summed E-state index contributed by atoms with van der Waals surface area (Å²) in [5.41, 5.74) is 1.60. The highest BCUT2D eigenvalue weighted by Gasteiger charge is 2.24. The number of hydrogen-bond acceptors (Lipinski definition) is 6. The van der Waals surface area contributed by atoms with Crippen molar-refractivity contribution < 1.29 is 9.59 Å². The minimum Gasteiger partial charge on any atom is -0.332 e. The molecule has 1 aromatic heterocycles. The zero-order valence-corrected chi connectivity index (χ0v) is 12.3. The van der Waals surface area contributed by atoms with E-state index in [1.165, 1.54) is 4.90 Å². The predicted octanol–water partition coefficient (Wildman–Crippen LogP) is -0.633. The number of aromatic nitrogens is 3. The molecule has 114 valence electrons. The van der Waals surface area contributed by atoms with E-state index in [1.807, 2.05) is 13.8 Å². The summed E-state index contributed by atoms with van der Waals surface area (Å²) < 4.78 is 0. The van der Waals surface area contributed by atoms with Crippen molar-refractivity contribution in [3.05, 3.63) is 11.4 Å². The van der Waals surface area contributed by atoms with E-state index in [2.05, 4.69) is 25.8 Å². The number of anilines is 1. The zero-order chi connectivity index (χ0) is 15.2. The lowest BCUT2D eigenvalue weighted by atomic mass is 10.2. The smallest absolute Gasteiger partial charge is 0.316 e. The van der Waals surface area contributed by atoms with Gasteiger partial charge in [0.05, 0.1) is 11.4 Å². The number of amides is 2. The number of rotatable bonds is 3.